The number of nitrogen functional groups attached to an aromatic ring is 1. The Balaban J connectivity index is 2.81. The van der Waals surface area contributed by atoms with Gasteiger partial charge < -0.3 is 15.0 Å². The fourth-order valence-electron chi connectivity index (χ4n) is 1.32. The van der Waals surface area contributed by atoms with E-state index in [0.717, 1.165) is 5.69 Å². The molecule has 0 atom stereocenters. The number of hydrogen-bond acceptors (Lipinski definition) is 3. The summed E-state index contributed by atoms with van der Waals surface area (Å²) in [6.45, 7) is 7.42. The topological polar surface area (TPSA) is 53.1 Å². The molecule has 1 aromatic heterocycles. The fourth-order valence-corrected chi connectivity index (χ4v) is 1.32. The van der Waals surface area contributed by atoms with Crippen molar-refractivity contribution in [2.75, 3.05) is 12.3 Å². The molecule has 0 aliphatic carbocycles. The molecule has 0 fully saturated rings. The van der Waals surface area contributed by atoms with Crippen LogP contribution in [0.3, 0.4) is 0 Å². The Hall–Kier alpha value is -1.03. The Kier molecular flexibility index (Phi) is 3.31. The molecule has 74 valence electrons. The van der Waals surface area contributed by atoms with Crippen LogP contribution in [0.25, 0.3) is 0 Å². The van der Waals surface area contributed by atoms with Crippen molar-refractivity contribution in [1.29, 1.82) is 0 Å². The average Bonchev–Trinajstić information content (AvgIpc) is 2.43. The molecule has 0 spiro atoms. The number of imidazole rings is 1. The first kappa shape index (κ1) is 10.1. The summed E-state index contributed by atoms with van der Waals surface area (Å²) in [5.74, 6) is 0.560. The van der Waals surface area contributed by atoms with Crippen LogP contribution in [0.2, 0.25) is 0 Å². The van der Waals surface area contributed by atoms with E-state index in [0.29, 0.717) is 25.2 Å². The molecule has 4 heteroatoms. The van der Waals surface area contributed by atoms with Crippen LogP contribution in [-0.2, 0) is 11.3 Å². The van der Waals surface area contributed by atoms with E-state index in [2.05, 4.69) is 18.8 Å². The number of aromatic nitrogens is 2. The van der Waals surface area contributed by atoms with Crippen LogP contribution in [0.15, 0.2) is 6.20 Å². The van der Waals surface area contributed by atoms with Gasteiger partial charge in [-0.2, -0.15) is 0 Å². The van der Waals surface area contributed by atoms with Gasteiger partial charge >= 0.3 is 0 Å². The first-order chi connectivity index (χ1) is 6.16. The number of nitrogens with two attached hydrogens (primary N) is 1. The third kappa shape index (κ3) is 2.21. The summed E-state index contributed by atoms with van der Waals surface area (Å²) in [5.41, 5.74) is 6.75. The molecule has 1 rings (SSSR count). The van der Waals surface area contributed by atoms with Crippen molar-refractivity contribution in [2.45, 2.75) is 33.4 Å². The maximum atomic E-state index is 5.71. The number of ether oxygens (including phenoxy) is 1. The molecule has 0 bridgehead atoms. The van der Waals surface area contributed by atoms with Crippen molar-refractivity contribution >= 4 is 5.95 Å². The largest absolute Gasteiger partial charge is 0.375 e. The molecule has 1 heterocycles. The normalized spacial score (nSPS) is 11.1. The molecule has 0 radical (unpaired) electrons. The van der Waals surface area contributed by atoms with Crippen molar-refractivity contribution in [3.63, 3.8) is 0 Å². The molecule has 13 heavy (non-hydrogen) atoms. The SMILES string of the molecule is CCOCc1cnc(N)n1C(C)C. The minimum Gasteiger partial charge on any atom is -0.375 e. The second kappa shape index (κ2) is 4.28. The van der Waals surface area contributed by atoms with Gasteiger partial charge in [-0.05, 0) is 20.8 Å². The van der Waals surface area contributed by atoms with E-state index in [1.807, 2.05) is 11.5 Å². The first-order valence-electron chi connectivity index (χ1n) is 4.56. The summed E-state index contributed by atoms with van der Waals surface area (Å²) >= 11 is 0. The second-order valence-corrected chi connectivity index (χ2v) is 3.21. The lowest BCUT2D eigenvalue weighted by atomic mass is 10.3. The second-order valence-electron chi connectivity index (χ2n) is 3.21. The molecule has 0 aliphatic rings. The molecular formula is C9H17N3O. The van der Waals surface area contributed by atoms with Crippen LogP contribution in [-0.4, -0.2) is 16.2 Å². The van der Waals surface area contributed by atoms with Gasteiger partial charge in [-0.3, -0.25) is 0 Å². The van der Waals surface area contributed by atoms with Crippen LogP contribution in [0, 0.1) is 0 Å². The van der Waals surface area contributed by atoms with E-state index in [4.69, 9.17) is 10.5 Å². The molecule has 0 unspecified atom stereocenters. The molecule has 0 aliphatic heterocycles. The Labute approximate surface area is 78.7 Å². The van der Waals surface area contributed by atoms with Gasteiger partial charge in [0.15, 0.2) is 0 Å². The summed E-state index contributed by atoms with van der Waals surface area (Å²) in [5, 5.41) is 0. The van der Waals surface area contributed by atoms with Crippen LogP contribution in [0.4, 0.5) is 5.95 Å². The van der Waals surface area contributed by atoms with Crippen molar-refractivity contribution in [2.24, 2.45) is 0 Å². The third-order valence-corrected chi connectivity index (χ3v) is 1.87. The molecular weight excluding hydrogens is 166 g/mol. The molecule has 0 saturated carbocycles. The lowest BCUT2D eigenvalue weighted by Gasteiger charge is -2.13. The average molecular weight is 183 g/mol. The lowest BCUT2D eigenvalue weighted by molar-refractivity contribution is 0.128. The minimum atomic E-state index is 0.331. The van der Waals surface area contributed by atoms with Gasteiger partial charge in [-0.25, -0.2) is 4.98 Å². The van der Waals surface area contributed by atoms with Crippen molar-refractivity contribution in [3.8, 4) is 0 Å². The summed E-state index contributed by atoms with van der Waals surface area (Å²) in [6, 6.07) is 0.331. The maximum absolute atomic E-state index is 5.71. The molecule has 0 saturated heterocycles. The standard InChI is InChI=1S/C9H17N3O/c1-4-13-6-8-5-11-9(10)12(8)7(2)3/h5,7H,4,6H2,1-3H3,(H2,10,11). The maximum Gasteiger partial charge on any atom is 0.200 e. The summed E-state index contributed by atoms with van der Waals surface area (Å²) in [4.78, 5) is 4.05. The summed E-state index contributed by atoms with van der Waals surface area (Å²) < 4.78 is 7.29. The van der Waals surface area contributed by atoms with Crippen molar-refractivity contribution < 1.29 is 4.74 Å². The zero-order chi connectivity index (χ0) is 9.84. The Morgan fingerprint density at radius 1 is 1.62 bits per heavy atom. The van der Waals surface area contributed by atoms with E-state index in [9.17, 15) is 0 Å². The van der Waals surface area contributed by atoms with E-state index in [1.54, 1.807) is 6.20 Å². The molecule has 1 aromatic rings. The Bertz CT molecular complexity index is 268. The fraction of sp³-hybridized carbons (Fsp3) is 0.667. The highest BCUT2D eigenvalue weighted by Crippen LogP contribution is 2.15. The van der Waals surface area contributed by atoms with E-state index < -0.39 is 0 Å². The zero-order valence-electron chi connectivity index (χ0n) is 8.45. The predicted molar refractivity (Wildman–Crippen MR) is 52.4 cm³/mol. The van der Waals surface area contributed by atoms with E-state index >= 15 is 0 Å². The Morgan fingerprint density at radius 3 is 2.85 bits per heavy atom. The number of nitrogens with zero attached hydrogens (tertiary/aromatic N) is 2. The Morgan fingerprint density at radius 2 is 2.31 bits per heavy atom. The highest BCUT2D eigenvalue weighted by atomic mass is 16.5. The third-order valence-electron chi connectivity index (χ3n) is 1.87. The van der Waals surface area contributed by atoms with Crippen LogP contribution in [0.5, 0.6) is 0 Å². The van der Waals surface area contributed by atoms with Crippen LogP contribution >= 0.6 is 0 Å². The van der Waals surface area contributed by atoms with Gasteiger partial charge in [0.2, 0.25) is 5.95 Å². The molecule has 2 N–H and O–H groups in total. The van der Waals surface area contributed by atoms with Gasteiger partial charge in [0.05, 0.1) is 18.5 Å². The van der Waals surface area contributed by atoms with Crippen LogP contribution < -0.4 is 5.73 Å². The first-order valence-corrected chi connectivity index (χ1v) is 4.56. The zero-order valence-corrected chi connectivity index (χ0v) is 8.45. The number of rotatable bonds is 4. The highest BCUT2D eigenvalue weighted by Gasteiger charge is 2.09. The van der Waals surface area contributed by atoms with Crippen molar-refractivity contribution in [3.05, 3.63) is 11.9 Å². The quantitative estimate of drug-likeness (QED) is 0.771. The van der Waals surface area contributed by atoms with Gasteiger partial charge in [0.25, 0.3) is 0 Å². The van der Waals surface area contributed by atoms with Crippen molar-refractivity contribution in [1.82, 2.24) is 9.55 Å². The van der Waals surface area contributed by atoms with Gasteiger partial charge in [0.1, 0.15) is 0 Å². The van der Waals surface area contributed by atoms with Gasteiger partial charge in [-0.1, -0.05) is 0 Å². The summed E-state index contributed by atoms with van der Waals surface area (Å²) in [7, 11) is 0. The minimum absolute atomic E-state index is 0.331. The van der Waals surface area contributed by atoms with E-state index in [-0.39, 0.29) is 0 Å². The van der Waals surface area contributed by atoms with Crippen LogP contribution in [0.1, 0.15) is 32.5 Å². The predicted octanol–water partition coefficient (Wildman–Crippen LogP) is 1.58. The highest BCUT2D eigenvalue weighted by molar-refractivity contribution is 5.23. The van der Waals surface area contributed by atoms with E-state index in [1.165, 1.54) is 0 Å². The molecule has 4 nitrogen and oxygen atoms in total. The smallest absolute Gasteiger partial charge is 0.200 e. The number of hydrogen-bond donors (Lipinski definition) is 1. The monoisotopic (exact) mass is 183 g/mol. The lowest BCUT2D eigenvalue weighted by Crippen LogP contribution is -2.10. The van der Waals surface area contributed by atoms with Gasteiger partial charge in [-0.15, -0.1) is 0 Å². The van der Waals surface area contributed by atoms with Gasteiger partial charge in [0, 0.05) is 12.6 Å². The molecule has 0 amide bonds. The summed E-state index contributed by atoms with van der Waals surface area (Å²) in [6.07, 6.45) is 1.77. The number of anilines is 1. The molecule has 0 aromatic carbocycles.